The summed E-state index contributed by atoms with van der Waals surface area (Å²) in [6.07, 6.45) is 2.48. The van der Waals surface area contributed by atoms with Crippen molar-refractivity contribution >= 4 is 23.4 Å². The Hall–Kier alpha value is -2.64. The molecule has 1 saturated heterocycles. The number of aryl methyl sites for hydroxylation is 1. The Balaban J connectivity index is 1.51. The van der Waals surface area contributed by atoms with Crippen molar-refractivity contribution in [1.29, 1.82) is 0 Å². The van der Waals surface area contributed by atoms with Crippen LogP contribution in [0, 0.1) is 6.92 Å². The molecule has 0 aliphatic carbocycles. The predicted molar refractivity (Wildman–Crippen MR) is 125 cm³/mol. The minimum atomic E-state index is -0.294. The largest absolute Gasteiger partial charge is 0.325 e. The Bertz CT molecular complexity index is 1010. The average Bonchev–Trinajstić information content (AvgIpc) is 3.42. The number of aromatic nitrogens is 3. The van der Waals surface area contributed by atoms with E-state index in [1.54, 1.807) is 0 Å². The third-order valence-corrected chi connectivity index (χ3v) is 6.68. The van der Waals surface area contributed by atoms with Gasteiger partial charge in [0.1, 0.15) is 5.82 Å². The van der Waals surface area contributed by atoms with Gasteiger partial charge in [0.2, 0.25) is 5.91 Å². The first-order valence-corrected chi connectivity index (χ1v) is 11.7. The minimum absolute atomic E-state index is 0.0327. The highest BCUT2D eigenvalue weighted by Crippen LogP contribution is 2.26. The molecule has 3 aromatic rings. The number of anilines is 1. The fourth-order valence-corrected chi connectivity index (χ4v) is 4.62. The number of amides is 1. The molecule has 2 heterocycles. The molecule has 1 aromatic heterocycles. The third kappa shape index (κ3) is 5.54. The first kappa shape index (κ1) is 21.6. The van der Waals surface area contributed by atoms with Crippen LogP contribution in [0.3, 0.4) is 0 Å². The lowest BCUT2D eigenvalue weighted by Crippen LogP contribution is -2.24. The van der Waals surface area contributed by atoms with E-state index in [-0.39, 0.29) is 11.2 Å². The van der Waals surface area contributed by atoms with Gasteiger partial charge in [-0.2, -0.15) is 0 Å². The number of likely N-dealkylation sites (tertiary alicyclic amines) is 1. The highest BCUT2D eigenvalue weighted by molar-refractivity contribution is 8.00. The van der Waals surface area contributed by atoms with Gasteiger partial charge in [0.05, 0.1) is 18.3 Å². The van der Waals surface area contributed by atoms with Crippen LogP contribution in [0.1, 0.15) is 36.7 Å². The Morgan fingerprint density at radius 2 is 1.74 bits per heavy atom. The van der Waals surface area contributed by atoms with E-state index in [4.69, 9.17) is 0 Å². The molecule has 1 amide bonds. The van der Waals surface area contributed by atoms with Crippen molar-refractivity contribution in [1.82, 2.24) is 19.7 Å². The summed E-state index contributed by atoms with van der Waals surface area (Å²) in [5.74, 6) is 0.925. The maximum atomic E-state index is 12.8. The van der Waals surface area contributed by atoms with Gasteiger partial charge < -0.3 is 9.88 Å². The summed E-state index contributed by atoms with van der Waals surface area (Å²) in [4.78, 5) is 15.3. The van der Waals surface area contributed by atoms with E-state index in [0.29, 0.717) is 6.54 Å². The molecule has 7 heteroatoms. The van der Waals surface area contributed by atoms with Gasteiger partial charge in [0.15, 0.2) is 5.16 Å². The number of rotatable bonds is 8. The van der Waals surface area contributed by atoms with Crippen molar-refractivity contribution in [2.24, 2.45) is 0 Å². The predicted octanol–water partition coefficient (Wildman–Crippen LogP) is 4.35. The van der Waals surface area contributed by atoms with Crippen LogP contribution in [0.4, 0.5) is 5.69 Å². The maximum absolute atomic E-state index is 12.8. The highest BCUT2D eigenvalue weighted by atomic mass is 32.2. The number of benzene rings is 2. The number of carbonyl (C=O) groups is 1. The van der Waals surface area contributed by atoms with Crippen LogP contribution in [0.15, 0.2) is 59.8 Å². The third-order valence-electron chi connectivity index (χ3n) is 5.60. The summed E-state index contributed by atoms with van der Waals surface area (Å²) in [5.41, 5.74) is 3.09. The van der Waals surface area contributed by atoms with Crippen molar-refractivity contribution in [3.05, 3.63) is 71.5 Å². The molecule has 2 aromatic carbocycles. The molecule has 31 heavy (non-hydrogen) atoms. The summed E-state index contributed by atoms with van der Waals surface area (Å²) in [7, 11) is 0. The lowest BCUT2D eigenvalue weighted by atomic mass is 10.2. The summed E-state index contributed by atoms with van der Waals surface area (Å²) in [5, 5.41) is 12.5. The van der Waals surface area contributed by atoms with E-state index in [1.807, 2.05) is 56.3 Å². The molecule has 162 valence electrons. The summed E-state index contributed by atoms with van der Waals surface area (Å²) in [6, 6.07) is 18.2. The first-order chi connectivity index (χ1) is 15.1. The number of carbonyl (C=O) groups excluding carboxylic acids is 1. The van der Waals surface area contributed by atoms with Gasteiger partial charge in [-0.1, -0.05) is 60.3 Å². The Morgan fingerprint density at radius 3 is 2.48 bits per heavy atom. The normalized spacial score (nSPS) is 15.2. The van der Waals surface area contributed by atoms with Gasteiger partial charge in [0, 0.05) is 5.69 Å². The first-order valence-electron chi connectivity index (χ1n) is 10.8. The molecule has 0 unspecified atom stereocenters. The molecule has 1 atom stereocenters. The topological polar surface area (TPSA) is 63.1 Å². The van der Waals surface area contributed by atoms with E-state index in [1.165, 1.54) is 30.2 Å². The van der Waals surface area contributed by atoms with Crippen molar-refractivity contribution in [3.8, 4) is 0 Å². The lowest BCUT2D eigenvalue weighted by Gasteiger charge is -2.17. The van der Waals surface area contributed by atoms with Gasteiger partial charge in [-0.05, 0) is 57.0 Å². The molecule has 1 aliphatic heterocycles. The fourth-order valence-electron chi connectivity index (χ4n) is 3.75. The van der Waals surface area contributed by atoms with E-state index >= 15 is 0 Å². The second kappa shape index (κ2) is 10.1. The van der Waals surface area contributed by atoms with Gasteiger partial charge in [0.25, 0.3) is 0 Å². The number of hydrogen-bond acceptors (Lipinski definition) is 5. The van der Waals surface area contributed by atoms with Gasteiger partial charge in [-0.25, -0.2) is 0 Å². The highest BCUT2D eigenvalue weighted by Gasteiger charge is 2.22. The smallest absolute Gasteiger partial charge is 0.237 e. The quantitative estimate of drug-likeness (QED) is 0.533. The molecule has 6 nitrogen and oxygen atoms in total. The SMILES string of the molecule is Cc1ccccc1NC(=O)[C@@H](C)Sc1nnc(CN2CCCC2)n1Cc1ccccc1. The van der Waals surface area contributed by atoms with Crippen LogP contribution in [-0.2, 0) is 17.9 Å². The Labute approximate surface area is 188 Å². The van der Waals surface area contributed by atoms with E-state index < -0.39 is 0 Å². The summed E-state index contributed by atoms with van der Waals surface area (Å²) in [6.45, 7) is 7.62. The molecule has 0 radical (unpaired) electrons. The Morgan fingerprint density at radius 1 is 1.03 bits per heavy atom. The molecular weight excluding hydrogens is 406 g/mol. The second-order valence-corrected chi connectivity index (χ2v) is 9.33. The average molecular weight is 436 g/mol. The van der Waals surface area contributed by atoms with Crippen LogP contribution in [-0.4, -0.2) is 43.9 Å². The van der Waals surface area contributed by atoms with Crippen LogP contribution in [0.25, 0.3) is 0 Å². The zero-order valence-corrected chi connectivity index (χ0v) is 18.9. The number of thioether (sulfide) groups is 1. The number of nitrogens with one attached hydrogen (secondary N) is 1. The molecular formula is C24H29N5OS. The van der Waals surface area contributed by atoms with Crippen LogP contribution in [0.5, 0.6) is 0 Å². The second-order valence-electron chi connectivity index (χ2n) is 8.02. The zero-order chi connectivity index (χ0) is 21.6. The van der Waals surface area contributed by atoms with Crippen LogP contribution in [0.2, 0.25) is 0 Å². The van der Waals surface area contributed by atoms with Gasteiger partial charge >= 0.3 is 0 Å². The summed E-state index contributed by atoms with van der Waals surface area (Å²) >= 11 is 1.46. The van der Waals surface area contributed by atoms with Crippen molar-refractivity contribution in [2.45, 2.75) is 50.2 Å². The monoisotopic (exact) mass is 435 g/mol. The fraction of sp³-hybridized carbons (Fsp3) is 0.375. The standard InChI is InChI=1S/C24H29N5OS/c1-18-10-6-7-13-21(18)25-23(30)19(2)31-24-27-26-22(17-28-14-8-9-15-28)29(24)16-20-11-4-3-5-12-20/h3-7,10-13,19H,8-9,14-17H2,1-2H3,(H,25,30)/t19-/m1/s1. The molecule has 0 saturated carbocycles. The van der Waals surface area contributed by atoms with Gasteiger partial charge in [-0.3, -0.25) is 9.69 Å². The molecule has 0 bridgehead atoms. The number of para-hydroxylation sites is 1. The number of nitrogens with zero attached hydrogens (tertiary/aromatic N) is 4. The molecule has 1 N–H and O–H groups in total. The van der Waals surface area contributed by atoms with Crippen molar-refractivity contribution in [2.75, 3.05) is 18.4 Å². The van der Waals surface area contributed by atoms with E-state index in [0.717, 1.165) is 41.9 Å². The molecule has 1 aliphatic rings. The molecule has 0 spiro atoms. The van der Waals surface area contributed by atoms with Crippen molar-refractivity contribution < 1.29 is 4.79 Å². The van der Waals surface area contributed by atoms with Crippen molar-refractivity contribution in [3.63, 3.8) is 0 Å². The van der Waals surface area contributed by atoms with E-state index in [9.17, 15) is 4.79 Å². The van der Waals surface area contributed by atoms with Gasteiger partial charge in [-0.15, -0.1) is 10.2 Å². The molecule has 1 fully saturated rings. The van der Waals surface area contributed by atoms with Crippen LogP contribution < -0.4 is 5.32 Å². The van der Waals surface area contributed by atoms with Crippen LogP contribution >= 0.6 is 11.8 Å². The lowest BCUT2D eigenvalue weighted by molar-refractivity contribution is -0.115. The maximum Gasteiger partial charge on any atom is 0.237 e. The number of hydrogen-bond donors (Lipinski definition) is 1. The molecule has 4 rings (SSSR count). The zero-order valence-electron chi connectivity index (χ0n) is 18.1. The minimum Gasteiger partial charge on any atom is -0.325 e. The van der Waals surface area contributed by atoms with E-state index in [2.05, 4.69) is 37.1 Å². The Kier molecular flexibility index (Phi) is 7.04. The summed E-state index contributed by atoms with van der Waals surface area (Å²) < 4.78 is 2.16.